The van der Waals surface area contributed by atoms with Crippen LogP contribution in [0.3, 0.4) is 0 Å². The number of urea groups is 3. The van der Waals surface area contributed by atoms with Gasteiger partial charge >= 0.3 is 37.2 Å². The topological polar surface area (TPSA) is 301 Å². The standard InChI is InChI=1S/C27H31F4N5O4.C26H29F4N5O4.C24H28F3N5O4/c1-17-24(33-26(37)32-14-19-13-18(16-38-3)9-10-22(19)40-27(29,30)31)36(20-7-5-4-6-8-20)34-25(17)39-23-11-12-35(2)15-21(23)28;1-16-23(33-25(36)32-13-18-12-17(15-37-2)8-9-21(18)39-26(28,29)30)35(19-6-4-3-5-7-19)34-24(16)38-22-10-11-31-14-20(22)27;1-15(28)13-35-22-16(2)21(32(31-22)19-7-5-4-6-8-19)30-23(33)29-12-18-11-17(14-34-3)9-10-20(18)36-24(25,26)27/h4-10,13,21,23H,11-12,14-16H2,1-3H3,(H2,32,33,37);3-9,12,20,22,31H,10-11,13-15H2,1-2H3,(H2,32,33,36);4-11,15H,12-14,28H2,1-3H3,(H2,29,30,33)/t21-,23?;20-,22?;15-/m101/s1. The number of nitrogens with one attached hydrogen (secondary N) is 7. The number of alkyl halides is 11. The minimum atomic E-state index is -4.90. The van der Waals surface area contributed by atoms with Gasteiger partial charge in [-0.3, -0.25) is 16.0 Å². The SMILES string of the molecule is COCc1ccc(OC(F)(F)F)c(CNC(=O)Nc2c(C)c(OC3CCN(C)C[C@H]3F)nn2-c2ccccc2)c1.COCc1ccc(OC(F)(F)F)c(CNC(=O)Nc2c(C)c(OC3CCNC[C@@H]3F)nn2-c2ccccc2)c1.COCc1ccc(OC(F)(F)F)c(CNC(=O)Nc2c(C)c(OC[C@@H](C)N)nn2-c2ccccc2)c1. The molecule has 27 nitrogen and oxygen atoms in total. The highest BCUT2D eigenvalue weighted by atomic mass is 19.4. The summed E-state index contributed by atoms with van der Waals surface area (Å²) in [5.41, 5.74) is 11.3. The number of nitrogens with zero attached hydrogens (tertiary/aromatic N) is 7. The maximum atomic E-state index is 14.7. The molecule has 9 aromatic rings. The predicted octanol–water partition coefficient (Wildman–Crippen LogP) is 13.9. The van der Waals surface area contributed by atoms with Crippen LogP contribution in [0.1, 0.15) is 69.8 Å². The van der Waals surface area contributed by atoms with Crippen LogP contribution < -0.4 is 71.4 Å². The van der Waals surface area contributed by atoms with Crippen molar-refractivity contribution in [2.24, 2.45) is 5.73 Å². The third-order valence-electron chi connectivity index (χ3n) is 17.3. The van der Waals surface area contributed by atoms with Crippen LogP contribution in [0.4, 0.5) is 80.1 Å². The van der Waals surface area contributed by atoms with Gasteiger partial charge < -0.3 is 74.5 Å². The van der Waals surface area contributed by atoms with E-state index in [1.807, 2.05) is 42.3 Å². The molecule has 6 amide bonds. The Bertz CT molecular complexity index is 4650. The number of hydrogen-bond donors (Lipinski definition) is 8. The normalized spacial score (nSPS) is 16.0. The molecule has 0 saturated carbocycles. The molecule has 2 fully saturated rings. The molecule has 2 unspecified atom stereocenters. The van der Waals surface area contributed by atoms with Gasteiger partial charge in [0.05, 0.1) is 53.6 Å². The zero-order valence-corrected chi connectivity index (χ0v) is 63.7. The molecule has 620 valence electrons. The molecule has 115 heavy (non-hydrogen) atoms. The second-order valence-corrected chi connectivity index (χ2v) is 26.4. The third-order valence-corrected chi connectivity index (χ3v) is 17.3. The van der Waals surface area contributed by atoms with Crippen molar-refractivity contribution in [3.63, 3.8) is 0 Å². The van der Waals surface area contributed by atoms with Crippen molar-refractivity contribution < 1.29 is 105 Å². The summed E-state index contributed by atoms with van der Waals surface area (Å²) < 4.78 is 195. The number of para-hydroxylation sites is 3. The van der Waals surface area contributed by atoms with Gasteiger partial charge in [0.25, 0.3) is 0 Å². The fourth-order valence-corrected chi connectivity index (χ4v) is 11.8. The summed E-state index contributed by atoms with van der Waals surface area (Å²) in [4.78, 5) is 40.6. The Morgan fingerprint density at radius 2 is 0.843 bits per heavy atom. The van der Waals surface area contributed by atoms with E-state index in [0.29, 0.717) is 88.1 Å². The van der Waals surface area contributed by atoms with Gasteiger partial charge in [0.1, 0.15) is 65.9 Å². The maximum Gasteiger partial charge on any atom is 0.573 e. The van der Waals surface area contributed by atoms with E-state index >= 15 is 0 Å². The van der Waals surface area contributed by atoms with E-state index in [0.717, 1.165) is 0 Å². The Morgan fingerprint density at radius 3 is 1.17 bits per heavy atom. The van der Waals surface area contributed by atoms with E-state index in [9.17, 15) is 62.7 Å². The second kappa shape index (κ2) is 40.5. The Labute approximate surface area is 654 Å². The predicted molar refractivity (Wildman–Crippen MR) is 401 cm³/mol. The van der Waals surface area contributed by atoms with Crippen molar-refractivity contribution >= 4 is 35.5 Å². The molecule has 0 bridgehead atoms. The summed E-state index contributed by atoms with van der Waals surface area (Å²) in [6, 6.07) is 36.9. The van der Waals surface area contributed by atoms with E-state index in [2.05, 4.69) is 66.7 Å². The van der Waals surface area contributed by atoms with Crippen LogP contribution in [0.15, 0.2) is 146 Å². The highest BCUT2D eigenvalue weighted by Crippen LogP contribution is 2.36. The molecule has 0 aliphatic carbocycles. The molecular formula is C77H88F11N15O12. The summed E-state index contributed by atoms with van der Waals surface area (Å²) in [7, 11) is 6.23. The van der Waals surface area contributed by atoms with Crippen molar-refractivity contribution in [3.8, 4) is 52.0 Å². The van der Waals surface area contributed by atoms with Gasteiger partial charge in [-0.15, -0.1) is 54.8 Å². The molecule has 5 heterocycles. The van der Waals surface area contributed by atoms with Crippen molar-refractivity contribution in [1.82, 2.24) is 55.5 Å². The van der Waals surface area contributed by atoms with Gasteiger partial charge in [-0.1, -0.05) is 72.8 Å². The zero-order chi connectivity index (χ0) is 83.2. The van der Waals surface area contributed by atoms with Crippen LogP contribution in [0.2, 0.25) is 0 Å². The molecule has 3 aromatic heterocycles. The van der Waals surface area contributed by atoms with E-state index in [4.69, 9.17) is 34.2 Å². The quantitative estimate of drug-likeness (QED) is 0.0211. The number of nitrogens with two attached hydrogens (primary N) is 1. The molecule has 2 aliphatic heterocycles. The summed E-state index contributed by atoms with van der Waals surface area (Å²) >= 11 is 0. The molecule has 2 saturated heterocycles. The highest BCUT2D eigenvalue weighted by molar-refractivity contribution is 5.91. The molecule has 11 rings (SSSR count). The van der Waals surface area contributed by atoms with Crippen LogP contribution in [0.25, 0.3) is 17.1 Å². The summed E-state index contributed by atoms with van der Waals surface area (Å²) in [5, 5.41) is 32.2. The lowest BCUT2D eigenvalue weighted by Crippen LogP contribution is -2.45. The average molecular weight is 1620 g/mol. The second-order valence-electron chi connectivity index (χ2n) is 26.4. The largest absolute Gasteiger partial charge is 0.573 e. The number of ether oxygens (including phenoxy) is 9. The smallest absolute Gasteiger partial charge is 0.475 e. The highest BCUT2D eigenvalue weighted by Gasteiger charge is 2.37. The number of likely N-dealkylation sites (tertiary alicyclic amines) is 1. The van der Waals surface area contributed by atoms with Gasteiger partial charge in [0.15, 0.2) is 0 Å². The fraction of sp³-hybridized carbons (Fsp3) is 0.377. The van der Waals surface area contributed by atoms with Gasteiger partial charge in [-0.05, 0) is 144 Å². The number of piperidine rings is 2. The number of anilines is 3. The Balaban J connectivity index is 0.000000198. The first-order valence-corrected chi connectivity index (χ1v) is 35.8. The maximum absolute atomic E-state index is 14.7. The molecule has 2 aliphatic rings. The first-order chi connectivity index (χ1) is 54.7. The zero-order valence-electron chi connectivity index (χ0n) is 63.7. The van der Waals surface area contributed by atoms with Crippen LogP contribution >= 0.6 is 0 Å². The Morgan fingerprint density at radius 1 is 0.504 bits per heavy atom. The summed E-state index contributed by atoms with van der Waals surface area (Å²) in [6.45, 7) is 8.52. The first kappa shape index (κ1) is 87.5. The van der Waals surface area contributed by atoms with E-state index in [1.165, 1.54) is 90.0 Å². The number of aromatic nitrogens is 6. The lowest BCUT2D eigenvalue weighted by molar-refractivity contribution is -0.275. The minimum absolute atomic E-state index is 0.106. The lowest BCUT2D eigenvalue weighted by atomic mass is 10.1. The number of halogens is 11. The minimum Gasteiger partial charge on any atom is -0.475 e. The van der Waals surface area contributed by atoms with Gasteiger partial charge in [0, 0.05) is 83.3 Å². The van der Waals surface area contributed by atoms with Crippen molar-refractivity contribution in [3.05, 3.63) is 196 Å². The van der Waals surface area contributed by atoms with E-state index in [-0.39, 0.29) is 105 Å². The number of carbonyl (C=O) groups excluding carboxylic acids is 3. The van der Waals surface area contributed by atoms with Gasteiger partial charge in [-0.25, -0.2) is 37.2 Å². The number of amides is 6. The molecular weight excluding hydrogens is 1540 g/mol. The van der Waals surface area contributed by atoms with Gasteiger partial charge in [-0.2, -0.15) is 0 Å². The molecule has 0 spiro atoms. The molecule has 38 heteroatoms. The van der Waals surface area contributed by atoms with Crippen LogP contribution in [0.5, 0.6) is 34.9 Å². The average Bonchev–Trinajstić information content (AvgIpc) is 1.67. The number of hydrogen-bond acceptors (Lipinski definition) is 18. The third kappa shape index (κ3) is 26.0. The van der Waals surface area contributed by atoms with E-state index in [1.54, 1.807) is 88.4 Å². The van der Waals surface area contributed by atoms with Crippen molar-refractivity contribution in [1.29, 1.82) is 0 Å². The monoisotopic (exact) mass is 1620 g/mol. The molecule has 6 aromatic carbocycles. The fourth-order valence-electron chi connectivity index (χ4n) is 11.8. The Hall–Kier alpha value is -11.5. The first-order valence-electron chi connectivity index (χ1n) is 35.8. The number of methoxy groups -OCH3 is 3. The lowest BCUT2D eigenvalue weighted by Gasteiger charge is -2.31. The summed E-state index contributed by atoms with van der Waals surface area (Å²) in [6.07, 6.45) is -17.6. The van der Waals surface area contributed by atoms with Crippen molar-refractivity contribution in [2.45, 2.75) is 130 Å². The number of benzene rings is 6. The van der Waals surface area contributed by atoms with Crippen LogP contribution in [-0.4, -0.2) is 163 Å². The van der Waals surface area contributed by atoms with E-state index < -0.39 is 79.0 Å². The number of rotatable bonds is 28. The summed E-state index contributed by atoms with van der Waals surface area (Å²) in [5.74, 6) is 0.193. The van der Waals surface area contributed by atoms with Crippen LogP contribution in [0, 0.1) is 20.8 Å². The number of carbonyl (C=O) groups is 3. The van der Waals surface area contributed by atoms with Crippen LogP contribution in [-0.2, 0) is 53.7 Å². The molecule has 9 N–H and O–H groups in total. The van der Waals surface area contributed by atoms with Gasteiger partial charge in [0.2, 0.25) is 17.6 Å². The molecule has 0 radical (unpaired) electrons. The van der Waals surface area contributed by atoms with Crippen molar-refractivity contribution in [2.75, 3.05) is 77.1 Å². The molecule has 5 atom stereocenters. The Kier molecular flexibility index (Phi) is 30.8.